The lowest BCUT2D eigenvalue weighted by molar-refractivity contribution is -0.143. The number of aromatic nitrogens is 1. The number of ether oxygens (including phenoxy) is 1. The van der Waals surface area contributed by atoms with Gasteiger partial charge in [-0.2, -0.15) is 4.99 Å². The van der Waals surface area contributed by atoms with E-state index in [1.807, 2.05) is 12.1 Å². The van der Waals surface area contributed by atoms with E-state index in [-0.39, 0.29) is 13.2 Å². The minimum Gasteiger partial charge on any atom is -0.465 e. The van der Waals surface area contributed by atoms with E-state index >= 15 is 0 Å². The highest BCUT2D eigenvalue weighted by atomic mass is 127. The van der Waals surface area contributed by atoms with Crippen molar-refractivity contribution in [3.05, 3.63) is 60.4 Å². The van der Waals surface area contributed by atoms with Crippen molar-refractivity contribution in [1.82, 2.24) is 4.57 Å². The van der Waals surface area contributed by atoms with Crippen LogP contribution in [0.1, 0.15) is 17.3 Å². The molecule has 0 unspecified atom stereocenters. The highest BCUT2D eigenvalue weighted by Crippen LogP contribution is 2.32. The second kappa shape index (κ2) is 8.72. The van der Waals surface area contributed by atoms with Crippen LogP contribution >= 0.6 is 57.1 Å². The molecule has 0 aliphatic carbocycles. The Hall–Kier alpha value is -1.42. The van der Waals surface area contributed by atoms with Crippen molar-refractivity contribution in [1.29, 1.82) is 0 Å². The Bertz CT molecular complexity index is 1110. The van der Waals surface area contributed by atoms with E-state index in [0.29, 0.717) is 25.9 Å². The van der Waals surface area contributed by atoms with E-state index < -0.39 is 11.9 Å². The largest absolute Gasteiger partial charge is 0.465 e. The van der Waals surface area contributed by atoms with Gasteiger partial charge < -0.3 is 9.30 Å². The normalized spacial score (nSPS) is 11.8. The first kappa shape index (κ1) is 20.3. The van der Waals surface area contributed by atoms with Crippen LogP contribution < -0.4 is 4.80 Å². The third kappa shape index (κ3) is 4.37. The van der Waals surface area contributed by atoms with E-state index in [9.17, 15) is 9.59 Å². The molecule has 0 N–H and O–H groups in total. The van der Waals surface area contributed by atoms with Gasteiger partial charge in [-0.1, -0.05) is 46.7 Å². The van der Waals surface area contributed by atoms with E-state index in [1.54, 1.807) is 35.8 Å². The number of rotatable bonds is 4. The van der Waals surface area contributed by atoms with Gasteiger partial charge in [-0.15, -0.1) is 0 Å². The third-order valence-electron chi connectivity index (χ3n) is 3.63. The molecule has 3 rings (SSSR count). The van der Waals surface area contributed by atoms with Gasteiger partial charge in [-0.25, -0.2) is 0 Å². The molecule has 0 saturated heterocycles. The highest BCUT2D eigenvalue weighted by Gasteiger charge is 2.17. The van der Waals surface area contributed by atoms with Crippen LogP contribution in [0.15, 0.2) is 41.4 Å². The molecule has 0 radical (unpaired) electrons. The fraction of sp³-hybridized carbons (Fsp3) is 0.167. The number of benzene rings is 2. The fourth-order valence-electron chi connectivity index (χ4n) is 2.45. The van der Waals surface area contributed by atoms with Gasteiger partial charge in [0, 0.05) is 3.57 Å². The monoisotopic (exact) mass is 534 g/mol. The smallest absolute Gasteiger partial charge is 0.326 e. The molecule has 140 valence electrons. The maximum absolute atomic E-state index is 12.7. The molecule has 0 aliphatic heterocycles. The van der Waals surface area contributed by atoms with Gasteiger partial charge in [0.1, 0.15) is 6.54 Å². The molecule has 0 aliphatic rings. The van der Waals surface area contributed by atoms with E-state index in [4.69, 9.17) is 27.9 Å². The molecule has 3 aromatic rings. The van der Waals surface area contributed by atoms with Crippen LogP contribution in [-0.2, 0) is 16.1 Å². The zero-order valence-electron chi connectivity index (χ0n) is 14.0. The lowest BCUT2D eigenvalue weighted by atomic mass is 10.2. The summed E-state index contributed by atoms with van der Waals surface area (Å²) >= 11 is 15.8. The highest BCUT2D eigenvalue weighted by molar-refractivity contribution is 14.1. The van der Waals surface area contributed by atoms with E-state index in [1.165, 1.54) is 11.3 Å². The van der Waals surface area contributed by atoms with Crippen molar-refractivity contribution >= 4 is 79.2 Å². The average Bonchev–Trinajstić information content (AvgIpc) is 2.96. The first-order valence-corrected chi connectivity index (χ1v) is 10.5. The zero-order valence-corrected chi connectivity index (χ0v) is 18.5. The molecular weight excluding hydrogens is 522 g/mol. The molecule has 0 atom stereocenters. The van der Waals surface area contributed by atoms with Crippen molar-refractivity contribution in [3.63, 3.8) is 0 Å². The van der Waals surface area contributed by atoms with Crippen LogP contribution in [0.2, 0.25) is 10.0 Å². The molecule has 1 aromatic heterocycles. The number of carbonyl (C=O) groups excluding carboxylic acids is 2. The average molecular weight is 535 g/mol. The summed E-state index contributed by atoms with van der Waals surface area (Å²) in [7, 11) is 0. The number of thiazole rings is 1. The van der Waals surface area contributed by atoms with Gasteiger partial charge in [0.2, 0.25) is 0 Å². The number of hydrogen-bond acceptors (Lipinski definition) is 4. The third-order valence-corrected chi connectivity index (χ3v) is 6.41. The molecule has 1 amide bonds. The van der Waals surface area contributed by atoms with Gasteiger partial charge in [-0.3, -0.25) is 9.59 Å². The summed E-state index contributed by atoms with van der Waals surface area (Å²) in [5.41, 5.74) is 1.04. The first-order valence-electron chi connectivity index (χ1n) is 7.89. The summed E-state index contributed by atoms with van der Waals surface area (Å²) in [6.45, 7) is 1.86. The molecule has 1 heterocycles. The number of hydrogen-bond donors (Lipinski definition) is 0. The summed E-state index contributed by atoms with van der Waals surface area (Å²) in [4.78, 5) is 29.3. The number of esters is 1. The lowest BCUT2D eigenvalue weighted by Crippen LogP contribution is -2.23. The van der Waals surface area contributed by atoms with Crippen molar-refractivity contribution in [2.24, 2.45) is 4.99 Å². The summed E-state index contributed by atoms with van der Waals surface area (Å²) < 4.78 is 8.17. The number of carbonyl (C=O) groups is 2. The Morgan fingerprint density at radius 2 is 1.96 bits per heavy atom. The number of nitrogens with zero attached hydrogens (tertiary/aromatic N) is 2. The van der Waals surface area contributed by atoms with Crippen LogP contribution in [0.25, 0.3) is 10.2 Å². The number of amides is 1. The minimum atomic E-state index is -0.448. The Balaban J connectivity index is 2.19. The maximum atomic E-state index is 12.7. The van der Waals surface area contributed by atoms with Crippen LogP contribution in [-0.4, -0.2) is 23.1 Å². The van der Waals surface area contributed by atoms with Crippen LogP contribution in [0, 0.1) is 3.57 Å². The van der Waals surface area contributed by atoms with Crippen LogP contribution in [0.5, 0.6) is 0 Å². The predicted molar refractivity (Wildman–Crippen MR) is 116 cm³/mol. The quantitative estimate of drug-likeness (QED) is 0.352. The Kier molecular flexibility index (Phi) is 6.56. The number of halogens is 3. The number of fused-ring (bicyclic) bond motifs is 1. The van der Waals surface area contributed by atoms with Crippen molar-refractivity contribution in [3.8, 4) is 0 Å². The van der Waals surface area contributed by atoms with Gasteiger partial charge in [0.25, 0.3) is 5.91 Å². The van der Waals surface area contributed by atoms with Crippen LogP contribution in [0.4, 0.5) is 0 Å². The van der Waals surface area contributed by atoms with Crippen molar-refractivity contribution in [2.45, 2.75) is 13.5 Å². The molecule has 5 nitrogen and oxygen atoms in total. The van der Waals surface area contributed by atoms with Gasteiger partial charge in [0.15, 0.2) is 4.80 Å². The standard InChI is InChI=1S/C18H13Cl2IN2O3S/c1-2-26-14(24)9-23-16-13(8-7-11(19)15(16)20)27-18(23)22-17(25)10-5-3-4-6-12(10)21/h3-8H,2,9H2,1H3. The Morgan fingerprint density at radius 1 is 1.22 bits per heavy atom. The second-order valence-electron chi connectivity index (χ2n) is 5.38. The molecule has 0 fully saturated rings. The molecular formula is C18H13Cl2IN2O3S. The fourth-order valence-corrected chi connectivity index (χ4v) is 4.58. The SMILES string of the molecule is CCOC(=O)Cn1c(=NC(=O)c2ccccc2I)sc2ccc(Cl)c(Cl)c21. The van der Waals surface area contributed by atoms with E-state index in [2.05, 4.69) is 27.6 Å². The minimum absolute atomic E-state index is 0.119. The zero-order chi connectivity index (χ0) is 19.6. The topological polar surface area (TPSA) is 60.7 Å². The second-order valence-corrected chi connectivity index (χ2v) is 8.34. The van der Waals surface area contributed by atoms with Crippen LogP contribution in [0.3, 0.4) is 0 Å². The molecule has 27 heavy (non-hydrogen) atoms. The summed E-state index contributed by atoms with van der Waals surface area (Å²) in [6, 6.07) is 10.6. The molecule has 9 heteroatoms. The molecule has 2 aromatic carbocycles. The summed E-state index contributed by atoms with van der Waals surface area (Å²) in [5, 5.41) is 0.660. The summed E-state index contributed by atoms with van der Waals surface area (Å²) in [6.07, 6.45) is 0. The van der Waals surface area contributed by atoms with Crippen molar-refractivity contribution in [2.75, 3.05) is 6.61 Å². The van der Waals surface area contributed by atoms with Crippen molar-refractivity contribution < 1.29 is 14.3 Å². The predicted octanol–water partition coefficient (Wildman–Crippen LogP) is 4.92. The molecule has 0 spiro atoms. The Labute approximate surface area is 182 Å². The van der Waals surface area contributed by atoms with Gasteiger partial charge in [-0.05, 0) is 53.8 Å². The lowest BCUT2D eigenvalue weighted by Gasteiger charge is -2.07. The van der Waals surface area contributed by atoms with Gasteiger partial charge >= 0.3 is 5.97 Å². The molecule has 0 bridgehead atoms. The van der Waals surface area contributed by atoms with E-state index in [0.717, 1.165) is 8.27 Å². The first-order chi connectivity index (χ1) is 12.9. The summed E-state index contributed by atoms with van der Waals surface area (Å²) in [5.74, 6) is -0.845. The van der Waals surface area contributed by atoms with Gasteiger partial charge in [0.05, 0.1) is 32.4 Å². The molecule has 0 saturated carbocycles. The maximum Gasteiger partial charge on any atom is 0.326 e. The Morgan fingerprint density at radius 3 is 2.67 bits per heavy atom.